The third-order valence-electron chi connectivity index (χ3n) is 4.26. The number of nitrogen functional groups attached to an aromatic ring is 1. The number of ether oxygens (including phenoxy) is 2. The zero-order valence-corrected chi connectivity index (χ0v) is 13.3. The molecule has 3 N–H and O–H groups in total. The largest absolute Gasteiger partial charge is 0.497 e. The lowest BCUT2D eigenvalue weighted by Crippen LogP contribution is -2.27. The fourth-order valence-electron chi connectivity index (χ4n) is 3.03. The van der Waals surface area contributed by atoms with Gasteiger partial charge in [-0.2, -0.15) is 0 Å². The lowest BCUT2D eigenvalue weighted by Gasteiger charge is -2.16. The van der Waals surface area contributed by atoms with Crippen molar-refractivity contribution in [3.8, 4) is 11.5 Å². The Morgan fingerprint density at radius 1 is 1.22 bits per heavy atom. The van der Waals surface area contributed by atoms with Crippen molar-refractivity contribution < 1.29 is 14.3 Å². The third-order valence-corrected chi connectivity index (χ3v) is 4.26. The van der Waals surface area contributed by atoms with E-state index in [0.29, 0.717) is 17.0 Å². The van der Waals surface area contributed by atoms with Crippen LogP contribution in [0, 0.1) is 0 Å². The molecule has 1 atom stereocenters. The Bertz CT molecular complexity index is 743. The van der Waals surface area contributed by atoms with E-state index in [0.717, 1.165) is 24.2 Å². The quantitative estimate of drug-likeness (QED) is 0.851. The van der Waals surface area contributed by atoms with Crippen LogP contribution in [0.15, 0.2) is 36.4 Å². The Hall–Kier alpha value is -2.69. The maximum Gasteiger partial charge on any atom is 0.253 e. The summed E-state index contributed by atoms with van der Waals surface area (Å²) in [4.78, 5) is 12.6. The van der Waals surface area contributed by atoms with Gasteiger partial charge in [0.2, 0.25) is 0 Å². The maximum atomic E-state index is 12.6. The van der Waals surface area contributed by atoms with Crippen LogP contribution in [0.3, 0.4) is 0 Å². The van der Waals surface area contributed by atoms with Crippen LogP contribution in [-0.2, 0) is 6.42 Å². The Morgan fingerprint density at radius 2 is 2.04 bits per heavy atom. The van der Waals surface area contributed by atoms with Gasteiger partial charge in [0.15, 0.2) is 0 Å². The molecule has 1 amide bonds. The predicted molar refractivity (Wildman–Crippen MR) is 88.9 cm³/mol. The summed E-state index contributed by atoms with van der Waals surface area (Å²) < 4.78 is 10.4. The van der Waals surface area contributed by atoms with Crippen molar-refractivity contribution in [3.63, 3.8) is 0 Å². The lowest BCUT2D eigenvalue weighted by molar-refractivity contribution is 0.0937. The molecule has 120 valence electrons. The average molecular weight is 312 g/mol. The number of hydrogen-bond donors (Lipinski definition) is 2. The molecule has 5 heteroatoms. The van der Waals surface area contributed by atoms with Crippen LogP contribution < -0.4 is 20.5 Å². The molecule has 0 aliphatic heterocycles. The third kappa shape index (κ3) is 2.82. The smallest absolute Gasteiger partial charge is 0.253 e. The van der Waals surface area contributed by atoms with E-state index < -0.39 is 0 Å². The van der Waals surface area contributed by atoms with Gasteiger partial charge in [-0.05, 0) is 48.2 Å². The second-order valence-corrected chi connectivity index (χ2v) is 5.55. The van der Waals surface area contributed by atoms with Gasteiger partial charge >= 0.3 is 0 Å². The topological polar surface area (TPSA) is 73.6 Å². The first-order chi connectivity index (χ1) is 11.1. The molecule has 0 saturated heterocycles. The molecular formula is C18H20N2O3. The van der Waals surface area contributed by atoms with E-state index in [9.17, 15) is 4.79 Å². The Balaban J connectivity index is 1.81. The van der Waals surface area contributed by atoms with Crippen LogP contribution in [0.4, 0.5) is 5.69 Å². The van der Waals surface area contributed by atoms with E-state index in [4.69, 9.17) is 15.2 Å². The molecule has 5 nitrogen and oxygen atoms in total. The molecule has 0 radical (unpaired) electrons. The molecule has 3 rings (SSSR count). The van der Waals surface area contributed by atoms with E-state index in [1.165, 1.54) is 12.7 Å². The Morgan fingerprint density at radius 3 is 2.78 bits per heavy atom. The molecule has 1 aliphatic carbocycles. The number of benzene rings is 2. The second kappa shape index (κ2) is 6.20. The zero-order valence-electron chi connectivity index (χ0n) is 13.3. The first-order valence-corrected chi connectivity index (χ1v) is 7.54. The van der Waals surface area contributed by atoms with Crippen molar-refractivity contribution in [3.05, 3.63) is 53.1 Å². The van der Waals surface area contributed by atoms with Crippen LogP contribution in [0.2, 0.25) is 0 Å². The van der Waals surface area contributed by atoms with Gasteiger partial charge in [0.25, 0.3) is 5.91 Å². The van der Waals surface area contributed by atoms with Crippen molar-refractivity contribution in [2.24, 2.45) is 0 Å². The number of rotatable bonds is 4. The lowest BCUT2D eigenvalue weighted by atomic mass is 10.1. The normalized spacial score (nSPS) is 15.8. The molecular weight excluding hydrogens is 292 g/mol. The van der Waals surface area contributed by atoms with Crippen LogP contribution in [0.25, 0.3) is 0 Å². The molecule has 1 unspecified atom stereocenters. The SMILES string of the molecule is COc1ccc2c(c1)CCC2NC(=O)c1cccc(OC)c1N. The molecule has 0 heterocycles. The standard InChI is InChI=1S/C18H20N2O3/c1-22-12-7-8-13-11(10-12)6-9-15(13)20-18(21)14-4-3-5-16(23-2)17(14)19/h3-5,7-8,10,15H,6,9,19H2,1-2H3,(H,20,21). The molecule has 2 aromatic rings. The molecule has 0 saturated carbocycles. The van der Waals surface area contributed by atoms with Gasteiger partial charge in [0, 0.05) is 0 Å². The number of para-hydroxylation sites is 1. The number of carbonyl (C=O) groups is 1. The van der Waals surface area contributed by atoms with Crippen molar-refractivity contribution in [2.75, 3.05) is 20.0 Å². The summed E-state index contributed by atoms with van der Waals surface area (Å²) in [5, 5.41) is 3.07. The number of hydrogen-bond acceptors (Lipinski definition) is 4. The molecule has 23 heavy (non-hydrogen) atoms. The monoisotopic (exact) mass is 312 g/mol. The maximum absolute atomic E-state index is 12.6. The minimum absolute atomic E-state index is 0.00555. The second-order valence-electron chi connectivity index (χ2n) is 5.55. The summed E-state index contributed by atoms with van der Waals surface area (Å²) in [7, 11) is 3.19. The highest BCUT2D eigenvalue weighted by atomic mass is 16.5. The number of methoxy groups -OCH3 is 2. The van der Waals surface area contributed by atoms with E-state index in [2.05, 4.69) is 5.32 Å². The van der Waals surface area contributed by atoms with Crippen molar-refractivity contribution in [2.45, 2.75) is 18.9 Å². The van der Waals surface area contributed by atoms with Crippen LogP contribution in [0.1, 0.15) is 33.9 Å². The fraction of sp³-hybridized carbons (Fsp3) is 0.278. The van der Waals surface area contributed by atoms with Crippen molar-refractivity contribution >= 4 is 11.6 Å². The van der Waals surface area contributed by atoms with E-state index >= 15 is 0 Å². The zero-order chi connectivity index (χ0) is 16.4. The number of aryl methyl sites for hydroxylation is 1. The first kappa shape index (κ1) is 15.2. The molecule has 0 fully saturated rings. The number of nitrogens with two attached hydrogens (primary N) is 1. The van der Waals surface area contributed by atoms with Crippen LogP contribution in [0.5, 0.6) is 11.5 Å². The van der Waals surface area contributed by atoms with E-state index in [-0.39, 0.29) is 11.9 Å². The molecule has 0 aromatic heterocycles. The number of anilines is 1. The van der Waals surface area contributed by atoms with Gasteiger partial charge in [0.05, 0.1) is 31.5 Å². The van der Waals surface area contributed by atoms with Gasteiger partial charge in [0.1, 0.15) is 11.5 Å². The highest BCUT2D eigenvalue weighted by Crippen LogP contribution is 2.34. The molecule has 0 bridgehead atoms. The first-order valence-electron chi connectivity index (χ1n) is 7.54. The number of nitrogens with one attached hydrogen (secondary N) is 1. The van der Waals surface area contributed by atoms with Crippen LogP contribution in [-0.4, -0.2) is 20.1 Å². The summed E-state index contributed by atoms with van der Waals surface area (Å²) in [5.74, 6) is 1.16. The summed E-state index contributed by atoms with van der Waals surface area (Å²) in [5.41, 5.74) is 9.15. The van der Waals surface area contributed by atoms with Gasteiger partial charge in [-0.15, -0.1) is 0 Å². The van der Waals surface area contributed by atoms with Gasteiger partial charge in [-0.3, -0.25) is 4.79 Å². The predicted octanol–water partition coefficient (Wildman–Crippen LogP) is 2.70. The Kier molecular flexibility index (Phi) is 4.10. The highest BCUT2D eigenvalue weighted by molar-refractivity contribution is 6.00. The van der Waals surface area contributed by atoms with E-state index in [1.54, 1.807) is 25.3 Å². The average Bonchev–Trinajstić information content (AvgIpc) is 2.97. The fourth-order valence-corrected chi connectivity index (χ4v) is 3.03. The van der Waals surface area contributed by atoms with Gasteiger partial charge in [-0.25, -0.2) is 0 Å². The minimum atomic E-state index is -0.185. The van der Waals surface area contributed by atoms with Gasteiger partial charge < -0.3 is 20.5 Å². The summed E-state index contributed by atoms with van der Waals surface area (Å²) in [6, 6.07) is 11.2. The van der Waals surface area contributed by atoms with Gasteiger partial charge in [-0.1, -0.05) is 12.1 Å². The number of amides is 1. The summed E-state index contributed by atoms with van der Waals surface area (Å²) in [6.07, 6.45) is 1.79. The van der Waals surface area contributed by atoms with Crippen molar-refractivity contribution in [1.82, 2.24) is 5.32 Å². The Labute approximate surface area is 135 Å². The summed E-state index contributed by atoms with van der Waals surface area (Å²) >= 11 is 0. The highest BCUT2D eigenvalue weighted by Gasteiger charge is 2.25. The number of carbonyl (C=O) groups excluding carboxylic acids is 1. The van der Waals surface area contributed by atoms with E-state index in [1.807, 2.05) is 18.2 Å². The summed E-state index contributed by atoms with van der Waals surface area (Å²) in [6.45, 7) is 0. The molecule has 2 aromatic carbocycles. The van der Waals surface area contributed by atoms with Crippen LogP contribution >= 0.6 is 0 Å². The van der Waals surface area contributed by atoms with Crippen molar-refractivity contribution in [1.29, 1.82) is 0 Å². The number of fused-ring (bicyclic) bond motifs is 1. The molecule has 0 spiro atoms. The molecule has 1 aliphatic rings. The minimum Gasteiger partial charge on any atom is -0.497 e.